The lowest BCUT2D eigenvalue weighted by atomic mass is 10.3. The molecule has 0 fully saturated rings. The van der Waals surface area contributed by atoms with E-state index < -0.39 is 5.97 Å². The first-order valence-corrected chi connectivity index (χ1v) is 6.43. The zero-order chi connectivity index (χ0) is 14.1. The molecule has 0 amide bonds. The predicted octanol–water partition coefficient (Wildman–Crippen LogP) is 2.68. The molecule has 0 spiro atoms. The van der Waals surface area contributed by atoms with Gasteiger partial charge in [0.1, 0.15) is 12.4 Å². The topological polar surface area (TPSA) is 49.8 Å². The standard InChI is InChI=1S/C14H18ClNO3/c1-2-8-16(9-7-14(17)18)10-11-19-13-5-3-12(15)4-6-13/h2-6H,1,7-11H2,(H,17,18). The van der Waals surface area contributed by atoms with Crippen molar-refractivity contribution in [3.05, 3.63) is 41.9 Å². The summed E-state index contributed by atoms with van der Waals surface area (Å²) in [6.07, 6.45) is 1.87. The second-order valence-corrected chi connectivity index (χ2v) is 4.47. The van der Waals surface area contributed by atoms with E-state index in [4.69, 9.17) is 21.4 Å². The van der Waals surface area contributed by atoms with Gasteiger partial charge in [-0.15, -0.1) is 6.58 Å². The van der Waals surface area contributed by atoms with Crippen LogP contribution in [0.15, 0.2) is 36.9 Å². The van der Waals surface area contributed by atoms with E-state index in [0.717, 1.165) is 5.75 Å². The van der Waals surface area contributed by atoms with Gasteiger partial charge in [-0.25, -0.2) is 0 Å². The van der Waals surface area contributed by atoms with Crippen LogP contribution in [0.1, 0.15) is 6.42 Å². The van der Waals surface area contributed by atoms with Crippen molar-refractivity contribution in [2.45, 2.75) is 6.42 Å². The summed E-state index contributed by atoms with van der Waals surface area (Å²) in [5, 5.41) is 9.33. The Morgan fingerprint density at radius 1 is 1.37 bits per heavy atom. The molecule has 4 nitrogen and oxygen atoms in total. The van der Waals surface area contributed by atoms with Crippen LogP contribution in [-0.2, 0) is 4.79 Å². The lowest BCUT2D eigenvalue weighted by Crippen LogP contribution is -2.30. The SMILES string of the molecule is C=CCN(CCOc1ccc(Cl)cc1)CCC(=O)O. The first-order valence-electron chi connectivity index (χ1n) is 6.05. The number of rotatable bonds is 9. The van der Waals surface area contributed by atoms with Crippen LogP contribution in [0.2, 0.25) is 5.02 Å². The Labute approximate surface area is 118 Å². The molecule has 0 bridgehead atoms. The lowest BCUT2D eigenvalue weighted by Gasteiger charge is -2.19. The quantitative estimate of drug-likeness (QED) is 0.708. The zero-order valence-electron chi connectivity index (χ0n) is 10.7. The van der Waals surface area contributed by atoms with Crippen LogP contribution in [-0.4, -0.2) is 42.2 Å². The summed E-state index contributed by atoms with van der Waals surface area (Å²) < 4.78 is 5.56. The molecule has 19 heavy (non-hydrogen) atoms. The number of ether oxygens (including phenoxy) is 1. The minimum Gasteiger partial charge on any atom is -0.492 e. The Morgan fingerprint density at radius 3 is 2.63 bits per heavy atom. The molecular formula is C14H18ClNO3. The molecule has 0 aromatic heterocycles. The second kappa shape index (κ2) is 8.56. The van der Waals surface area contributed by atoms with Crippen molar-refractivity contribution in [3.63, 3.8) is 0 Å². The number of halogens is 1. The largest absolute Gasteiger partial charge is 0.492 e. The smallest absolute Gasteiger partial charge is 0.304 e. The molecule has 0 radical (unpaired) electrons. The maximum Gasteiger partial charge on any atom is 0.304 e. The molecule has 5 heteroatoms. The van der Waals surface area contributed by atoms with Crippen molar-refractivity contribution in [2.24, 2.45) is 0 Å². The van der Waals surface area contributed by atoms with Gasteiger partial charge >= 0.3 is 5.97 Å². The molecule has 1 aromatic carbocycles. The highest BCUT2D eigenvalue weighted by Crippen LogP contribution is 2.15. The molecule has 0 heterocycles. The van der Waals surface area contributed by atoms with Crippen molar-refractivity contribution in [3.8, 4) is 5.75 Å². The van der Waals surface area contributed by atoms with Crippen molar-refractivity contribution >= 4 is 17.6 Å². The zero-order valence-corrected chi connectivity index (χ0v) is 11.5. The Hall–Kier alpha value is -1.52. The number of hydrogen-bond acceptors (Lipinski definition) is 3. The third-order valence-corrected chi connectivity index (χ3v) is 2.77. The maximum absolute atomic E-state index is 10.5. The molecule has 0 unspecified atom stereocenters. The Balaban J connectivity index is 2.32. The fraction of sp³-hybridized carbons (Fsp3) is 0.357. The van der Waals surface area contributed by atoms with Gasteiger partial charge in [0.05, 0.1) is 6.42 Å². The van der Waals surface area contributed by atoms with Gasteiger partial charge < -0.3 is 9.84 Å². The highest BCUT2D eigenvalue weighted by Gasteiger charge is 2.06. The van der Waals surface area contributed by atoms with Crippen LogP contribution in [0.3, 0.4) is 0 Å². The number of carboxylic acid groups (broad SMARTS) is 1. The number of nitrogens with zero attached hydrogens (tertiary/aromatic N) is 1. The van der Waals surface area contributed by atoms with Crippen LogP contribution >= 0.6 is 11.6 Å². The van der Waals surface area contributed by atoms with Gasteiger partial charge in [0, 0.05) is 24.7 Å². The van der Waals surface area contributed by atoms with Crippen molar-refractivity contribution in [2.75, 3.05) is 26.2 Å². The van der Waals surface area contributed by atoms with Gasteiger partial charge in [-0.3, -0.25) is 9.69 Å². The molecule has 0 aliphatic heterocycles. The van der Waals surface area contributed by atoms with Crippen molar-refractivity contribution in [1.29, 1.82) is 0 Å². The number of benzene rings is 1. The molecule has 0 aliphatic carbocycles. The Kier molecular flexibility index (Phi) is 7.00. The van der Waals surface area contributed by atoms with Crippen LogP contribution in [0.4, 0.5) is 0 Å². The van der Waals surface area contributed by atoms with Gasteiger partial charge in [-0.1, -0.05) is 17.7 Å². The summed E-state index contributed by atoms with van der Waals surface area (Å²) in [5.41, 5.74) is 0. The predicted molar refractivity (Wildman–Crippen MR) is 75.8 cm³/mol. The van der Waals surface area contributed by atoms with Crippen LogP contribution in [0.5, 0.6) is 5.75 Å². The Morgan fingerprint density at radius 2 is 2.05 bits per heavy atom. The van der Waals surface area contributed by atoms with Crippen molar-refractivity contribution in [1.82, 2.24) is 4.90 Å². The summed E-state index contributed by atoms with van der Waals surface area (Å²) in [7, 11) is 0. The fourth-order valence-corrected chi connectivity index (χ4v) is 1.68. The monoisotopic (exact) mass is 283 g/mol. The molecular weight excluding hydrogens is 266 g/mol. The van der Waals surface area contributed by atoms with E-state index in [1.165, 1.54) is 0 Å². The number of carbonyl (C=O) groups is 1. The molecule has 1 N–H and O–H groups in total. The molecule has 0 saturated heterocycles. The van der Waals surface area contributed by atoms with E-state index in [-0.39, 0.29) is 6.42 Å². The van der Waals surface area contributed by atoms with Gasteiger partial charge in [0.15, 0.2) is 0 Å². The summed E-state index contributed by atoms with van der Waals surface area (Å²) in [5.74, 6) is -0.0473. The fourth-order valence-electron chi connectivity index (χ4n) is 1.55. The first kappa shape index (κ1) is 15.5. The number of hydrogen-bond donors (Lipinski definition) is 1. The van der Waals surface area contributed by atoms with E-state index in [1.54, 1.807) is 30.3 Å². The van der Waals surface area contributed by atoms with E-state index in [2.05, 4.69) is 6.58 Å². The second-order valence-electron chi connectivity index (χ2n) is 4.04. The average molecular weight is 284 g/mol. The summed E-state index contributed by atoms with van der Waals surface area (Å²) >= 11 is 5.78. The van der Waals surface area contributed by atoms with E-state index in [9.17, 15) is 4.79 Å². The van der Waals surface area contributed by atoms with Crippen LogP contribution in [0.25, 0.3) is 0 Å². The molecule has 0 aliphatic rings. The molecule has 0 saturated carbocycles. The van der Waals surface area contributed by atoms with E-state index in [1.807, 2.05) is 4.90 Å². The summed E-state index contributed by atoms with van der Waals surface area (Å²) in [6, 6.07) is 7.14. The highest BCUT2D eigenvalue weighted by molar-refractivity contribution is 6.30. The van der Waals surface area contributed by atoms with E-state index in [0.29, 0.717) is 31.3 Å². The van der Waals surface area contributed by atoms with Gasteiger partial charge in [-0.2, -0.15) is 0 Å². The third-order valence-electron chi connectivity index (χ3n) is 2.52. The van der Waals surface area contributed by atoms with Gasteiger partial charge in [-0.05, 0) is 24.3 Å². The average Bonchev–Trinajstić information content (AvgIpc) is 2.38. The van der Waals surface area contributed by atoms with Gasteiger partial charge in [0.25, 0.3) is 0 Å². The lowest BCUT2D eigenvalue weighted by molar-refractivity contribution is -0.137. The molecule has 1 aromatic rings. The maximum atomic E-state index is 10.5. The van der Waals surface area contributed by atoms with E-state index >= 15 is 0 Å². The summed E-state index contributed by atoms with van der Waals surface area (Å²) in [4.78, 5) is 12.5. The summed E-state index contributed by atoms with van der Waals surface area (Å²) in [6.45, 7) is 5.95. The van der Waals surface area contributed by atoms with Crippen molar-refractivity contribution < 1.29 is 14.6 Å². The number of carboxylic acids is 1. The number of aliphatic carboxylic acids is 1. The normalized spacial score (nSPS) is 10.4. The van der Waals surface area contributed by atoms with Crippen LogP contribution < -0.4 is 4.74 Å². The first-order chi connectivity index (χ1) is 9.11. The minimum absolute atomic E-state index is 0.120. The Bertz CT molecular complexity index is 406. The van der Waals surface area contributed by atoms with Crippen LogP contribution in [0, 0.1) is 0 Å². The highest BCUT2D eigenvalue weighted by atomic mass is 35.5. The molecule has 1 rings (SSSR count). The molecule has 104 valence electrons. The third kappa shape index (κ3) is 6.84. The molecule has 0 atom stereocenters. The van der Waals surface area contributed by atoms with Gasteiger partial charge in [0.2, 0.25) is 0 Å². The minimum atomic E-state index is -0.798.